The minimum absolute atomic E-state index is 0.0275. The summed E-state index contributed by atoms with van der Waals surface area (Å²) in [5, 5.41) is 6.04. The third-order valence-electron chi connectivity index (χ3n) is 4.55. The number of rotatable bonds is 4. The Labute approximate surface area is 160 Å². The predicted molar refractivity (Wildman–Crippen MR) is 101 cm³/mol. The van der Waals surface area contributed by atoms with Crippen LogP contribution in [0.15, 0.2) is 71.3 Å². The summed E-state index contributed by atoms with van der Waals surface area (Å²) < 4.78 is 21.4. The molecule has 138 valence electrons. The Morgan fingerprint density at radius 3 is 2.71 bits per heavy atom. The minimum atomic E-state index is -0.404. The second kappa shape index (κ2) is 6.74. The SMILES string of the molecule is O=C(OCc1cc(-c2ccc3c(c2)OCO3)on1)c1ccc2ccccc2c1. The first-order valence-corrected chi connectivity index (χ1v) is 8.78. The molecular formula is C22H15NO5. The fourth-order valence-corrected chi connectivity index (χ4v) is 3.10. The summed E-state index contributed by atoms with van der Waals surface area (Å²) in [6, 6.07) is 20.6. The Bertz CT molecular complexity index is 1180. The number of fused-ring (bicyclic) bond motifs is 2. The van der Waals surface area contributed by atoms with Crippen molar-refractivity contribution in [2.24, 2.45) is 0 Å². The quantitative estimate of drug-likeness (QED) is 0.488. The summed E-state index contributed by atoms with van der Waals surface area (Å²) in [6.07, 6.45) is 0. The van der Waals surface area contributed by atoms with Crippen LogP contribution in [-0.4, -0.2) is 17.9 Å². The Morgan fingerprint density at radius 1 is 0.929 bits per heavy atom. The lowest BCUT2D eigenvalue weighted by molar-refractivity contribution is 0.0464. The Morgan fingerprint density at radius 2 is 1.79 bits per heavy atom. The number of ether oxygens (including phenoxy) is 3. The number of esters is 1. The van der Waals surface area contributed by atoms with Crippen LogP contribution in [0.3, 0.4) is 0 Å². The van der Waals surface area contributed by atoms with Crippen LogP contribution in [0.5, 0.6) is 11.5 Å². The fourth-order valence-electron chi connectivity index (χ4n) is 3.10. The summed E-state index contributed by atoms with van der Waals surface area (Å²) in [6.45, 7) is 0.241. The van der Waals surface area contributed by atoms with E-state index < -0.39 is 5.97 Å². The van der Waals surface area contributed by atoms with Crippen molar-refractivity contribution < 1.29 is 23.5 Å². The summed E-state index contributed by atoms with van der Waals surface area (Å²) >= 11 is 0. The van der Waals surface area contributed by atoms with E-state index in [0.717, 1.165) is 16.3 Å². The zero-order valence-corrected chi connectivity index (χ0v) is 14.8. The van der Waals surface area contributed by atoms with E-state index >= 15 is 0 Å². The molecule has 4 aromatic rings. The molecule has 2 heterocycles. The molecule has 0 spiro atoms. The van der Waals surface area contributed by atoms with Gasteiger partial charge in [-0.15, -0.1) is 0 Å². The van der Waals surface area contributed by atoms with Gasteiger partial charge >= 0.3 is 5.97 Å². The van der Waals surface area contributed by atoms with Gasteiger partial charge in [-0.2, -0.15) is 0 Å². The van der Waals surface area contributed by atoms with E-state index in [1.807, 2.05) is 54.6 Å². The summed E-state index contributed by atoms with van der Waals surface area (Å²) in [4.78, 5) is 12.4. The lowest BCUT2D eigenvalue weighted by Crippen LogP contribution is -2.05. The maximum atomic E-state index is 12.4. The van der Waals surface area contributed by atoms with Crippen LogP contribution in [0.25, 0.3) is 22.1 Å². The molecule has 1 aromatic heterocycles. The average molecular weight is 373 g/mol. The van der Waals surface area contributed by atoms with Gasteiger partial charge in [0.1, 0.15) is 12.3 Å². The molecule has 0 bridgehead atoms. The maximum Gasteiger partial charge on any atom is 0.338 e. The molecular weight excluding hydrogens is 358 g/mol. The van der Waals surface area contributed by atoms with Crippen LogP contribution in [0.2, 0.25) is 0 Å². The molecule has 0 amide bonds. The van der Waals surface area contributed by atoms with Gasteiger partial charge in [0, 0.05) is 11.6 Å². The molecule has 0 saturated carbocycles. The van der Waals surface area contributed by atoms with Gasteiger partial charge in [0.25, 0.3) is 0 Å². The van der Waals surface area contributed by atoms with Crippen molar-refractivity contribution in [2.45, 2.75) is 6.61 Å². The smallest absolute Gasteiger partial charge is 0.338 e. The molecule has 0 fully saturated rings. The van der Waals surface area contributed by atoms with E-state index in [0.29, 0.717) is 28.5 Å². The van der Waals surface area contributed by atoms with Gasteiger partial charge in [-0.1, -0.05) is 35.5 Å². The first-order valence-electron chi connectivity index (χ1n) is 8.78. The maximum absolute atomic E-state index is 12.4. The van der Waals surface area contributed by atoms with Crippen LogP contribution in [0, 0.1) is 0 Å². The minimum Gasteiger partial charge on any atom is -0.455 e. The molecule has 6 nitrogen and oxygen atoms in total. The highest BCUT2D eigenvalue weighted by Gasteiger charge is 2.16. The van der Waals surface area contributed by atoms with Gasteiger partial charge < -0.3 is 18.7 Å². The van der Waals surface area contributed by atoms with Gasteiger partial charge in [0.2, 0.25) is 6.79 Å². The number of hydrogen-bond donors (Lipinski definition) is 0. The number of nitrogens with zero attached hydrogens (tertiary/aromatic N) is 1. The number of hydrogen-bond acceptors (Lipinski definition) is 6. The van der Waals surface area contributed by atoms with E-state index in [-0.39, 0.29) is 13.4 Å². The first kappa shape index (κ1) is 16.4. The van der Waals surface area contributed by atoms with Crippen molar-refractivity contribution >= 4 is 16.7 Å². The van der Waals surface area contributed by atoms with E-state index in [2.05, 4.69) is 5.16 Å². The molecule has 6 heteroatoms. The standard InChI is InChI=1S/C22H15NO5/c24-22(17-6-5-14-3-1-2-4-15(14)9-17)25-12-18-11-20(28-23-18)16-7-8-19-21(10-16)27-13-26-19/h1-11H,12-13H2. The third-order valence-corrected chi connectivity index (χ3v) is 4.55. The second-order valence-electron chi connectivity index (χ2n) is 6.39. The number of carbonyl (C=O) groups excluding carboxylic acids is 1. The Balaban J connectivity index is 1.28. The number of aromatic nitrogens is 1. The number of benzene rings is 3. The molecule has 0 N–H and O–H groups in total. The van der Waals surface area contributed by atoms with Crippen molar-refractivity contribution in [3.8, 4) is 22.8 Å². The predicted octanol–water partition coefficient (Wildman–Crippen LogP) is 4.58. The second-order valence-corrected chi connectivity index (χ2v) is 6.39. The summed E-state index contributed by atoms with van der Waals surface area (Å²) in [7, 11) is 0. The van der Waals surface area contributed by atoms with E-state index in [1.165, 1.54) is 0 Å². The van der Waals surface area contributed by atoms with Gasteiger partial charge in [-0.05, 0) is 41.1 Å². The lowest BCUT2D eigenvalue weighted by atomic mass is 10.1. The van der Waals surface area contributed by atoms with Gasteiger partial charge in [0.05, 0.1) is 5.56 Å². The molecule has 0 aliphatic carbocycles. The van der Waals surface area contributed by atoms with Crippen molar-refractivity contribution in [1.29, 1.82) is 0 Å². The van der Waals surface area contributed by atoms with Crippen molar-refractivity contribution in [3.63, 3.8) is 0 Å². The third kappa shape index (κ3) is 3.05. The van der Waals surface area contributed by atoms with E-state index in [1.54, 1.807) is 12.1 Å². The normalized spacial score (nSPS) is 12.3. The molecule has 0 atom stereocenters. The highest BCUT2D eigenvalue weighted by molar-refractivity contribution is 5.95. The highest BCUT2D eigenvalue weighted by atomic mass is 16.7. The molecule has 28 heavy (non-hydrogen) atoms. The number of carbonyl (C=O) groups is 1. The van der Waals surface area contributed by atoms with Crippen LogP contribution in [-0.2, 0) is 11.3 Å². The van der Waals surface area contributed by atoms with Crippen LogP contribution in [0.1, 0.15) is 16.1 Å². The molecule has 3 aromatic carbocycles. The Hall–Kier alpha value is -3.80. The molecule has 1 aliphatic rings. The molecule has 5 rings (SSSR count). The first-order chi connectivity index (χ1) is 13.8. The lowest BCUT2D eigenvalue weighted by Gasteiger charge is -2.04. The molecule has 1 aliphatic heterocycles. The van der Waals surface area contributed by atoms with Crippen LogP contribution < -0.4 is 9.47 Å². The van der Waals surface area contributed by atoms with E-state index in [9.17, 15) is 4.79 Å². The Kier molecular flexibility index (Phi) is 3.94. The average Bonchev–Trinajstić information content (AvgIpc) is 3.40. The highest BCUT2D eigenvalue weighted by Crippen LogP contribution is 2.36. The van der Waals surface area contributed by atoms with Crippen LogP contribution >= 0.6 is 0 Å². The van der Waals surface area contributed by atoms with Crippen molar-refractivity contribution in [3.05, 3.63) is 78.0 Å². The van der Waals surface area contributed by atoms with E-state index in [4.69, 9.17) is 18.7 Å². The topological polar surface area (TPSA) is 70.8 Å². The molecule has 0 saturated heterocycles. The largest absolute Gasteiger partial charge is 0.455 e. The van der Waals surface area contributed by atoms with Crippen LogP contribution in [0.4, 0.5) is 0 Å². The van der Waals surface area contributed by atoms with Gasteiger partial charge in [0.15, 0.2) is 17.3 Å². The zero-order chi connectivity index (χ0) is 18.9. The van der Waals surface area contributed by atoms with Gasteiger partial charge in [-0.25, -0.2) is 4.79 Å². The monoisotopic (exact) mass is 373 g/mol. The fraction of sp³-hybridized carbons (Fsp3) is 0.0909. The molecule has 0 radical (unpaired) electrons. The summed E-state index contributed by atoms with van der Waals surface area (Å²) in [5.74, 6) is 1.53. The van der Waals surface area contributed by atoms with Crippen molar-refractivity contribution in [2.75, 3.05) is 6.79 Å². The summed E-state index contributed by atoms with van der Waals surface area (Å²) in [5.41, 5.74) is 1.84. The zero-order valence-electron chi connectivity index (χ0n) is 14.8. The molecule has 0 unspecified atom stereocenters. The van der Waals surface area contributed by atoms with Gasteiger partial charge in [-0.3, -0.25) is 0 Å². The van der Waals surface area contributed by atoms with Crippen molar-refractivity contribution in [1.82, 2.24) is 5.16 Å².